The SMILES string of the molecule is Cc1ccc(S(=O)(=O)Nc2ccc(Cl)c(C(=O)NC3CCCCCC3)c2)cc1. The number of benzene rings is 2. The average Bonchev–Trinajstić information content (AvgIpc) is 2.92. The van der Waals surface area contributed by atoms with Gasteiger partial charge in [-0.05, 0) is 50.1 Å². The van der Waals surface area contributed by atoms with Crippen LogP contribution in [0, 0.1) is 6.92 Å². The minimum Gasteiger partial charge on any atom is -0.349 e. The maximum absolute atomic E-state index is 12.7. The highest BCUT2D eigenvalue weighted by Crippen LogP contribution is 2.24. The van der Waals surface area contributed by atoms with Gasteiger partial charge in [0.25, 0.3) is 15.9 Å². The number of nitrogens with one attached hydrogen (secondary N) is 2. The summed E-state index contributed by atoms with van der Waals surface area (Å²) in [6.07, 6.45) is 6.53. The van der Waals surface area contributed by atoms with Crippen LogP contribution in [0.2, 0.25) is 5.02 Å². The zero-order chi connectivity index (χ0) is 20.1. The average molecular weight is 421 g/mol. The van der Waals surface area contributed by atoms with Crippen LogP contribution in [0.3, 0.4) is 0 Å². The molecule has 150 valence electrons. The Kier molecular flexibility index (Phi) is 6.62. The van der Waals surface area contributed by atoms with Crippen molar-refractivity contribution in [3.63, 3.8) is 0 Å². The quantitative estimate of drug-likeness (QED) is 0.675. The second-order valence-electron chi connectivity index (χ2n) is 7.28. The molecule has 0 aromatic heterocycles. The predicted molar refractivity (Wildman–Crippen MR) is 112 cm³/mol. The van der Waals surface area contributed by atoms with E-state index in [0.717, 1.165) is 31.2 Å². The van der Waals surface area contributed by atoms with Gasteiger partial charge < -0.3 is 5.32 Å². The van der Waals surface area contributed by atoms with Gasteiger partial charge >= 0.3 is 0 Å². The van der Waals surface area contributed by atoms with E-state index in [1.807, 2.05) is 6.92 Å². The molecule has 0 bridgehead atoms. The number of sulfonamides is 1. The topological polar surface area (TPSA) is 75.3 Å². The molecule has 0 atom stereocenters. The summed E-state index contributed by atoms with van der Waals surface area (Å²) in [5, 5.41) is 3.34. The lowest BCUT2D eigenvalue weighted by molar-refractivity contribution is 0.0933. The van der Waals surface area contributed by atoms with Crippen LogP contribution in [0.4, 0.5) is 5.69 Å². The Morgan fingerprint density at radius 1 is 1.00 bits per heavy atom. The molecular formula is C21H25ClN2O3S. The largest absolute Gasteiger partial charge is 0.349 e. The first-order valence-electron chi connectivity index (χ1n) is 9.55. The Labute approximate surface area is 171 Å². The van der Waals surface area contributed by atoms with Crippen molar-refractivity contribution < 1.29 is 13.2 Å². The van der Waals surface area contributed by atoms with Gasteiger partial charge in [-0.2, -0.15) is 0 Å². The minimum atomic E-state index is -3.74. The van der Waals surface area contributed by atoms with Crippen LogP contribution in [-0.4, -0.2) is 20.4 Å². The third kappa shape index (κ3) is 5.26. The summed E-state index contributed by atoms with van der Waals surface area (Å²) < 4.78 is 27.7. The Morgan fingerprint density at radius 2 is 1.64 bits per heavy atom. The molecule has 2 aromatic carbocycles. The molecule has 2 aromatic rings. The van der Waals surface area contributed by atoms with Crippen molar-refractivity contribution >= 4 is 33.2 Å². The molecule has 0 unspecified atom stereocenters. The molecule has 1 amide bonds. The number of hydrogen-bond acceptors (Lipinski definition) is 3. The van der Waals surface area contributed by atoms with Crippen molar-refractivity contribution in [1.82, 2.24) is 5.32 Å². The number of hydrogen-bond donors (Lipinski definition) is 2. The summed E-state index contributed by atoms with van der Waals surface area (Å²) in [4.78, 5) is 12.9. The Hall–Kier alpha value is -2.05. The molecule has 1 fully saturated rings. The van der Waals surface area contributed by atoms with Gasteiger partial charge in [-0.15, -0.1) is 0 Å². The van der Waals surface area contributed by atoms with Gasteiger partial charge in [-0.1, -0.05) is 55.0 Å². The maximum Gasteiger partial charge on any atom is 0.261 e. The molecule has 1 aliphatic rings. The van der Waals surface area contributed by atoms with Gasteiger partial charge in [0.1, 0.15) is 0 Å². The highest BCUT2D eigenvalue weighted by atomic mass is 35.5. The standard InChI is InChI=1S/C21H25ClN2O3S/c1-15-8-11-18(12-9-15)28(26,27)24-17-10-13-20(22)19(14-17)21(25)23-16-6-4-2-3-5-7-16/h8-14,16,24H,2-7H2,1H3,(H,23,25). The summed E-state index contributed by atoms with van der Waals surface area (Å²) >= 11 is 6.21. The fourth-order valence-corrected chi connectivity index (χ4v) is 4.63. The van der Waals surface area contributed by atoms with Crippen LogP contribution < -0.4 is 10.0 Å². The summed E-state index contributed by atoms with van der Waals surface area (Å²) in [5.41, 5.74) is 1.55. The summed E-state index contributed by atoms with van der Waals surface area (Å²) in [6.45, 7) is 1.89. The van der Waals surface area contributed by atoms with Crippen LogP contribution in [0.1, 0.15) is 54.4 Å². The van der Waals surface area contributed by atoms with Crippen LogP contribution >= 0.6 is 11.6 Å². The van der Waals surface area contributed by atoms with E-state index in [9.17, 15) is 13.2 Å². The number of anilines is 1. The smallest absolute Gasteiger partial charge is 0.261 e. The van der Waals surface area contributed by atoms with Crippen molar-refractivity contribution in [1.29, 1.82) is 0 Å². The van der Waals surface area contributed by atoms with E-state index in [2.05, 4.69) is 10.0 Å². The van der Waals surface area contributed by atoms with E-state index < -0.39 is 10.0 Å². The number of amides is 1. The predicted octanol–water partition coefficient (Wildman–Crippen LogP) is 4.90. The zero-order valence-corrected chi connectivity index (χ0v) is 17.4. The lowest BCUT2D eigenvalue weighted by Gasteiger charge is -2.17. The normalized spacial score (nSPS) is 15.6. The van der Waals surface area contributed by atoms with Crippen molar-refractivity contribution in [2.75, 3.05) is 4.72 Å². The van der Waals surface area contributed by atoms with Gasteiger partial charge in [0.2, 0.25) is 0 Å². The zero-order valence-electron chi connectivity index (χ0n) is 15.9. The van der Waals surface area contributed by atoms with Gasteiger partial charge in [0.15, 0.2) is 0 Å². The molecule has 28 heavy (non-hydrogen) atoms. The summed E-state index contributed by atoms with van der Waals surface area (Å²) in [7, 11) is -3.74. The molecule has 0 aliphatic heterocycles. The monoisotopic (exact) mass is 420 g/mol. The first-order valence-corrected chi connectivity index (χ1v) is 11.4. The second-order valence-corrected chi connectivity index (χ2v) is 9.36. The lowest BCUT2D eigenvalue weighted by atomic mass is 10.1. The first kappa shape index (κ1) is 20.7. The van der Waals surface area contributed by atoms with Gasteiger partial charge in [-0.3, -0.25) is 9.52 Å². The van der Waals surface area contributed by atoms with Gasteiger partial charge in [-0.25, -0.2) is 8.42 Å². The molecule has 0 saturated heterocycles. The summed E-state index contributed by atoms with van der Waals surface area (Å²) in [5.74, 6) is -0.270. The van der Waals surface area contributed by atoms with Crippen molar-refractivity contribution in [3.05, 3.63) is 58.6 Å². The number of rotatable bonds is 5. The highest BCUT2D eigenvalue weighted by Gasteiger charge is 2.19. The van der Waals surface area contributed by atoms with Gasteiger partial charge in [0, 0.05) is 11.7 Å². The maximum atomic E-state index is 12.7. The Balaban J connectivity index is 1.77. The van der Waals surface area contributed by atoms with Crippen molar-refractivity contribution in [2.24, 2.45) is 0 Å². The molecule has 7 heteroatoms. The van der Waals surface area contributed by atoms with Crippen LogP contribution in [0.5, 0.6) is 0 Å². The first-order chi connectivity index (χ1) is 13.3. The molecule has 1 aliphatic carbocycles. The third-order valence-electron chi connectivity index (χ3n) is 4.98. The van der Waals surface area contributed by atoms with Crippen LogP contribution in [0.15, 0.2) is 47.4 Å². The number of halogens is 1. The molecule has 1 saturated carbocycles. The van der Waals surface area contributed by atoms with Crippen LogP contribution in [0.25, 0.3) is 0 Å². The molecule has 5 nitrogen and oxygen atoms in total. The highest BCUT2D eigenvalue weighted by molar-refractivity contribution is 7.92. The fourth-order valence-electron chi connectivity index (χ4n) is 3.38. The minimum absolute atomic E-state index is 0.138. The van der Waals surface area contributed by atoms with Crippen molar-refractivity contribution in [2.45, 2.75) is 56.4 Å². The van der Waals surface area contributed by atoms with E-state index in [4.69, 9.17) is 11.6 Å². The fraction of sp³-hybridized carbons (Fsp3) is 0.381. The van der Waals surface area contributed by atoms with E-state index in [1.54, 1.807) is 30.3 Å². The van der Waals surface area contributed by atoms with E-state index >= 15 is 0 Å². The second kappa shape index (κ2) is 8.97. The van der Waals surface area contributed by atoms with E-state index in [0.29, 0.717) is 10.7 Å². The Morgan fingerprint density at radius 3 is 2.29 bits per heavy atom. The lowest BCUT2D eigenvalue weighted by Crippen LogP contribution is -2.34. The summed E-state index contributed by atoms with van der Waals surface area (Å²) in [6, 6.07) is 11.3. The molecule has 3 rings (SSSR count). The molecular weight excluding hydrogens is 396 g/mol. The molecule has 2 N–H and O–H groups in total. The van der Waals surface area contributed by atoms with Crippen LogP contribution in [-0.2, 0) is 10.0 Å². The third-order valence-corrected chi connectivity index (χ3v) is 6.71. The van der Waals surface area contributed by atoms with E-state index in [1.165, 1.54) is 25.0 Å². The van der Waals surface area contributed by atoms with E-state index in [-0.39, 0.29) is 22.4 Å². The number of carbonyl (C=O) groups excluding carboxylic acids is 1. The number of carbonyl (C=O) groups is 1. The molecule has 0 radical (unpaired) electrons. The number of aryl methyl sites for hydroxylation is 1. The van der Waals surface area contributed by atoms with Crippen molar-refractivity contribution in [3.8, 4) is 0 Å². The van der Waals surface area contributed by atoms with Gasteiger partial charge in [0.05, 0.1) is 15.5 Å². The Bertz CT molecular complexity index is 935. The molecule has 0 spiro atoms. The molecule has 0 heterocycles.